The van der Waals surface area contributed by atoms with E-state index in [1.165, 1.54) is 12.1 Å². The topological polar surface area (TPSA) is 29.9 Å². The highest BCUT2D eigenvalue weighted by atomic mass is 79.9. The summed E-state index contributed by atoms with van der Waals surface area (Å²) in [6.45, 7) is 5.49. The van der Waals surface area contributed by atoms with Crippen molar-refractivity contribution in [3.05, 3.63) is 44.9 Å². The molecule has 1 aromatic carbocycles. The van der Waals surface area contributed by atoms with Gasteiger partial charge < -0.3 is 5.32 Å². The van der Waals surface area contributed by atoms with Crippen LogP contribution in [0.1, 0.15) is 25.2 Å². The predicted molar refractivity (Wildman–Crippen MR) is 83.7 cm³/mol. The molecule has 0 saturated heterocycles. The first-order valence-corrected chi connectivity index (χ1v) is 7.66. The molecule has 0 radical (unpaired) electrons. The molecule has 0 aliphatic heterocycles. The summed E-state index contributed by atoms with van der Waals surface area (Å²) in [5, 5.41) is 8.13. The second kappa shape index (κ2) is 6.59. The van der Waals surface area contributed by atoms with Crippen LogP contribution in [-0.2, 0) is 19.5 Å². The van der Waals surface area contributed by atoms with Crippen molar-refractivity contribution in [2.24, 2.45) is 0 Å². The van der Waals surface area contributed by atoms with Crippen LogP contribution in [0.15, 0.2) is 22.7 Å². The van der Waals surface area contributed by atoms with Crippen molar-refractivity contribution in [1.82, 2.24) is 9.78 Å². The summed E-state index contributed by atoms with van der Waals surface area (Å²) in [4.78, 5) is 0. The number of rotatable bonds is 5. The molecule has 0 amide bonds. The van der Waals surface area contributed by atoms with Crippen LogP contribution < -0.4 is 5.32 Å². The smallest absolute Gasteiger partial charge is 0.124 e. The van der Waals surface area contributed by atoms with Gasteiger partial charge in [0, 0.05) is 6.54 Å². The molecule has 0 fully saturated rings. The standard InChI is InChI=1S/C14H16BrClFN3/c1-3-11-14(15)13(20(4-2)19-11)8-18-12-6-5-9(17)7-10(12)16/h5-7,18H,3-4,8H2,1-2H3. The van der Waals surface area contributed by atoms with Gasteiger partial charge in [-0.05, 0) is 47.5 Å². The molecule has 2 aromatic rings. The first kappa shape index (κ1) is 15.3. The average Bonchev–Trinajstić information content (AvgIpc) is 2.74. The van der Waals surface area contributed by atoms with Crippen LogP contribution in [0.5, 0.6) is 0 Å². The second-order valence-corrected chi connectivity index (χ2v) is 5.55. The third-order valence-electron chi connectivity index (χ3n) is 3.07. The van der Waals surface area contributed by atoms with E-state index < -0.39 is 0 Å². The Kier molecular flexibility index (Phi) is 5.05. The zero-order chi connectivity index (χ0) is 14.7. The van der Waals surface area contributed by atoms with Crippen molar-refractivity contribution in [1.29, 1.82) is 0 Å². The number of hydrogen-bond acceptors (Lipinski definition) is 2. The van der Waals surface area contributed by atoms with Crippen LogP contribution in [0.3, 0.4) is 0 Å². The fourth-order valence-corrected chi connectivity index (χ4v) is 2.94. The van der Waals surface area contributed by atoms with Crippen LogP contribution in [0, 0.1) is 5.82 Å². The third kappa shape index (κ3) is 3.15. The molecule has 0 aliphatic rings. The number of nitrogens with zero attached hydrogens (tertiary/aromatic N) is 2. The number of anilines is 1. The molecule has 0 unspecified atom stereocenters. The molecular weight excluding hydrogens is 345 g/mol. The maximum atomic E-state index is 13.0. The summed E-state index contributed by atoms with van der Waals surface area (Å²) in [6.07, 6.45) is 0.873. The lowest BCUT2D eigenvalue weighted by Gasteiger charge is -2.10. The lowest BCUT2D eigenvalue weighted by molar-refractivity contribution is 0.618. The number of nitrogens with one attached hydrogen (secondary N) is 1. The van der Waals surface area contributed by atoms with Gasteiger partial charge in [0.2, 0.25) is 0 Å². The Labute approximate surface area is 131 Å². The van der Waals surface area contributed by atoms with Crippen LogP contribution in [0.25, 0.3) is 0 Å². The van der Waals surface area contributed by atoms with Crippen molar-refractivity contribution < 1.29 is 4.39 Å². The lowest BCUT2D eigenvalue weighted by atomic mass is 10.2. The van der Waals surface area contributed by atoms with Gasteiger partial charge in [-0.2, -0.15) is 5.10 Å². The number of aryl methyl sites for hydroxylation is 2. The normalized spacial score (nSPS) is 10.8. The summed E-state index contributed by atoms with van der Waals surface area (Å²) < 4.78 is 16.0. The first-order chi connectivity index (χ1) is 9.56. The SMILES string of the molecule is CCc1nn(CC)c(CNc2ccc(F)cc2Cl)c1Br. The van der Waals surface area contributed by atoms with E-state index >= 15 is 0 Å². The number of benzene rings is 1. The summed E-state index contributed by atoms with van der Waals surface area (Å²) in [5.74, 6) is -0.339. The molecule has 0 aliphatic carbocycles. The van der Waals surface area contributed by atoms with E-state index in [0.717, 1.165) is 28.8 Å². The zero-order valence-corrected chi connectivity index (χ0v) is 13.7. The minimum absolute atomic E-state index is 0.339. The quantitative estimate of drug-likeness (QED) is 0.842. The van der Waals surface area contributed by atoms with Crippen molar-refractivity contribution in [3.8, 4) is 0 Å². The molecule has 20 heavy (non-hydrogen) atoms. The minimum Gasteiger partial charge on any atom is -0.378 e. The Morgan fingerprint density at radius 3 is 2.75 bits per heavy atom. The molecule has 0 bridgehead atoms. The molecule has 1 heterocycles. The summed E-state index contributed by atoms with van der Waals surface area (Å²) in [5.41, 5.74) is 2.81. The fourth-order valence-electron chi connectivity index (χ4n) is 2.00. The van der Waals surface area contributed by atoms with E-state index in [9.17, 15) is 4.39 Å². The summed E-state index contributed by atoms with van der Waals surface area (Å²) >= 11 is 9.60. The first-order valence-electron chi connectivity index (χ1n) is 6.49. The van der Waals surface area contributed by atoms with E-state index in [4.69, 9.17) is 11.6 Å². The van der Waals surface area contributed by atoms with Gasteiger partial charge in [0.25, 0.3) is 0 Å². The van der Waals surface area contributed by atoms with E-state index in [0.29, 0.717) is 17.3 Å². The third-order valence-corrected chi connectivity index (χ3v) is 4.30. The van der Waals surface area contributed by atoms with Crippen molar-refractivity contribution in [2.75, 3.05) is 5.32 Å². The monoisotopic (exact) mass is 359 g/mol. The Balaban J connectivity index is 2.20. The number of aromatic nitrogens is 2. The molecule has 0 saturated carbocycles. The number of halogens is 3. The van der Waals surface area contributed by atoms with Gasteiger partial charge in [0.05, 0.1) is 33.1 Å². The predicted octanol–water partition coefficient (Wildman–Crippen LogP) is 4.63. The molecule has 3 nitrogen and oxygen atoms in total. The Morgan fingerprint density at radius 1 is 1.40 bits per heavy atom. The fraction of sp³-hybridized carbons (Fsp3) is 0.357. The zero-order valence-electron chi connectivity index (χ0n) is 11.4. The highest BCUT2D eigenvalue weighted by molar-refractivity contribution is 9.10. The molecule has 6 heteroatoms. The highest BCUT2D eigenvalue weighted by Gasteiger charge is 2.14. The molecule has 1 N–H and O–H groups in total. The van der Waals surface area contributed by atoms with Gasteiger partial charge in [0.15, 0.2) is 0 Å². The maximum absolute atomic E-state index is 13.0. The van der Waals surface area contributed by atoms with Crippen LogP contribution in [-0.4, -0.2) is 9.78 Å². The van der Waals surface area contributed by atoms with Gasteiger partial charge in [-0.15, -0.1) is 0 Å². The summed E-state index contributed by atoms with van der Waals surface area (Å²) in [7, 11) is 0. The van der Waals surface area contributed by atoms with E-state index in [2.05, 4.69) is 33.3 Å². The second-order valence-electron chi connectivity index (χ2n) is 4.35. The molecule has 108 valence electrons. The summed E-state index contributed by atoms with van der Waals surface area (Å²) in [6, 6.07) is 4.32. The molecule has 0 spiro atoms. The average molecular weight is 361 g/mol. The number of hydrogen-bond donors (Lipinski definition) is 1. The largest absolute Gasteiger partial charge is 0.378 e. The van der Waals surface area contributed by atoms with Gasteiger partial charge in [-0.3, -0.25) is 4.68 Å². The highest BCUT2D eigenvalue weighted by Crippen LogP contribution is 2.26. The molecule has 1 aromatic heterocycles. The van der Waals surface area contributed by atoms with E-state index in [-0.39, 0.29) is 5.82 Å². The van der Waals surface area contributed by atoms with E-state index in [1.54, 1.807) is 6.07 Å². The lowest BCUT2D eigenvalue weighted by Crippen LogP contribution is -2.08. The van der Waals surface area contributed by atoms with Gasteiger partial charge in [-0.25, -0.2) is 4.39 Å². The minimum atomic E-state index is -0.339. The molecule has 2 rings (SSSR count). The van der Waals surface area contributed by atoms with Gasteiger partial charge >= 0.3 is 0 Å². The van der Waals surface area contributed by atoms with Gasteiger partial charge in [0.1, 0.15) is 5.82 Å². The van der Waals surface area contributed by atoms with Crippen LogP contribution in [0.2, 0.25) is 5.02 Å². The maximum Gasteiger partial charge on any atom is 0.124 e. The molecule has 0 atom stereocenters. The Hall–Kier alpha value is -1.07. The Morgan fingerprint density at radius 2 is 2.15 bits per heavy atom. The van der Waals surface area contributed by atoms with Crippen molar-refractivity contribution >= 4 is 33.2 Å². The van der Waals surface area contributed by atoms with Crippen molar-refractivity contribution in [2.45, 2.75) is 33.4 Å². The van der Waals surface area contributed by atoms with Gasteiger partial charge in [-0.1, -0.05) is 18.5 Å². The Bertz CT molecular complexity index is 613. The van der Waals surface area contributed by atoms with Crippen molar-refractivity contribution in [3.63, 3.8) is 0 Å². The van der Waals surface area contributed by atoms with E-state index in [1.807, 2.05) is 11.6 Å². The van der Waals surface area contributed by atoms with Crippen LogP contribution >= 0.6 is 27.5 Å². The molecular formula is C14H16BrClFN3. The van der Waals surface area contributed by atoms with Crippen LogP contribution in [0.4, 0.5) is 10.1 Å².